The summed E-state index contributed by atoms with van der Waals surface area (Å²) in [6.07, 6.45) is 3.30. The summed E-state index contributed by atoms with van der Waals surface area (Å²) in [6.45, 7) is 6.22. The van der Waals surface area contributed by atoms with Gasteiger partial charge in [0.15, 0.2) is 5.78 Å². The van der Waals surface area contributed by atoms with Crippen molar-refractivity contribution in [2.75, 3.05) is 0 Å². The van der Waals surface area contributed by atoms with Gasteiger partial charge in [0.2, 0.25) is 0 Å². The van der Waals surface area contributed by atoms with E-state index in [9.17, 15) is 4.79 Å². The monoisotopic (exact) mass is 204 g/mol. The highest BCUT2D eigenvalue weighted by Gasteiger charge is 2.13. The number of unbranched alkanes of at least 4 members (excludes halogenated alkanes) is 1. The van der Waals surface area contributed by atoms with E-state index in [1.807, 2.05) is 38.1 Å². The Morgan fingerprint density at radius 1 is 1.27 bits per heavy atom. The predicted octanol–water partition coefficient (Wildman–Crippen LogP) is 4.00. The summed E-state index contributed by atoms with van der Waals surface area (Å²) in [4.78, 5) is 12.0. The number of aryl methyl sites for hydroxylation is 1. The first-order valence-electron chi connectivity index (χ1n) is 5.76. The molecule has 0 amide bonds. The maximum absolute atomic E-state index is 12.0. The molecule has 1 aromatic rings. The van der Waals surface area contributed by atoms with Gasteiger partial charge in [0, 0.05) is 11.5 Å². The van der Waals surface area contributed by atoms with Gasteiger partial charge in [-0.25, -0.2) is 0 Å². The zero-order valence-electron chi connectivity index (χ0n) is 9.92. The van der Waals surface area contributed by atoms with Crippen LogP contribution in [0.15, 0.2) is 24.3 Å². The predicted molar refractivity (Wildman–Crippen MR) is 64.2 cm³/mol. The number of rotatable bonds is 5. The summed E-state index contributed by atoms with van der Waals surface area (Å²) in [5, 5.41) is 0. The topological polar surface area (TPSA) is 17.1 Å². The van der Waals surface area contributed by atoms with Crippen molar-refractivity contribution in [2.45, 2.75) is 40.0 Å². The molecule has 0 spiro atoms. The lowest BCUT2D eigenvalue weighted by Crippen LogP contribution is -2.11. The van der Waals surface area contributed by atoms with E-state index in [1.54, 1.807) is 0 Å². The van der Waals surface area contributed by atoms with Crippen molar-refractivity contribution in [3.05, 3.63) is 35.4 Å². The minimum atomic E-state index is 0.160. The molecule has 1 nitrogen and oxygen atoms in total. The van der Waals surface area contributed by atoms with Crippen molar-refractivity contribution in [1.29, 1.82) is 0 Å². The van der Waals surface area contributed by atoms with Crippen LogP contribution in [0.5, 0.6) is 0 Å². The molecule has 0 saturated heterocycles. The van der Waals surface area contributed by atoms with Gasteiger partial charge in [-0.3, -0.25) is 4.79 Å². The van der Waals surface area contributed by atoms with Crippen molar-refractivity contribution in [3.63, 3.8) is 0 Å². The van der Waals surface area contributed by atoms with Gasteiger partial charge in [-0.2, -0.15) is 0 Å². The molecule has 0 heterocycles. The Hall–Kier alpha value is -1.11. The first-order valence-corrected chi connectivity index (χ1v) is 5.76. The molecular weight excluding hydrogens is 184 g/mol. The molecule has 1 atom stereocenters. The second-order valence-electron chi connectivity index (χ2n) is 4.27. The number of hydrogen-bond acceptors (Lipinski definition) is 1. The van der Waals surface area contributed by atoms with Gasteiger partial charge in [0.25, 0.3) is 0 Å². The molecule has 1 rings (SSSR count). The van der Waals surface area contributed by atoms with Gasteiger partial charge in [0.1, 0.15) is 0 Å². The van der Waals surface area contributed by atoms with E-state index in [0.29, 0.717) is 0 Å². The van der Waals surface area contributed by atoms with Crippen LogP contribution in [0.3, 0.4) is 0 Å². The largest absolute Gasteiger partial charge is 0.294 e. The lowest BCUT2D eigenvalue weighted by Gasteiger charge is -2.09. The minimum Gasteiger partial charge on any atom is -0.294 e. The summed E-state index contributed by atoms with van der Waals surface area (Å²) >= 11 is 0. The van der Waals surface area contributed by atoms with Gasteiger partial charge in [-0.1, -0.05) is 56.5 Å². The Balaban J connectivity index is 2.63. The van der Waals surface area contributed by atoms with Crippen LogP contribution in [0, 0.1) is 12.8 Å². The molecule has 82 valence electrons. The molecule has 0 aromatic heterocycles. The molecule has 0 radical (unpaired) electrons. The smallest absolute Gasteiger partial charge is 0.165 e. The quantitative estimate of drug-likeness (QED) is 0.662. The molecule has 1 unspecified atom stereocenters. The van der Waals surface area contributed by atoms with Crippen LogP contribution >= 0.6 is 0 Å². The Morgan fingerprint density at radius 3 is 2.40 bits per heavy atom. The van der Waals surface area contributed by atoms with Gasteiger partial charge < -0.3 is 0 Å². The van der Waals surface area contributed by atoms with Crippen LogP contribution in [0.2, 0.25) is 0 Å². The summed E-state index contributed by atoms with van der Waals surface area (Å²) in [5.74, 6) is 0.441. The van der Waals surface area contributed by atoms with E-state index in [1.165, 1.54) is 5.56 Å². The Labute approximate surface area is 92.5 Å². The molecule has 1 aromatic carbocycles. The van der Waals surface area contributed by atoms with Crippen LogP contribution < -0.4 is 0 Å². The van der Waals surface area contributed by atoms with E-state index in [-0.39, 0.29) is 11.7 Å². The van der Waals surface area contributed by atoms with Crippen molar-refractivity contribution in [1.82, 2.24) is 0 Å². The average Bonchev–Trinajstić information content (AvgIpc) is 2.26. The normalized spacial score (nSPS) is 12.5. The highest BCUT2D eigenvalue weighted by molar-refractivity contribution is 5.97. The number of hydrogen-bond donors (Lipinski definition) is 0. The van der Waals surface area contributed by atoms with Crippen molar-refractivity contribution in [2.24, 2.45) is 5.92 Å². The zero-order chi connectivity index (χ0) is 11.3. The Morgan fingerprint density at radius 2 is 1.87 bits per heavy atom. The number of ketones is 1. The van der Waals surface area contributed by atoms with Crippen LogP contribution in [0.1, 0.15) is 49.0 Å². The minimum absolute atomic E-state index is 0.160. The van der Waals surface area contributed by atoms with Crippen molar-refractivity contribution in [3.8, 4) is 0 Å². The van der Waals surface area contributed by atoms with E-state index in [4.69, 9.17) is 0 Å². The molecule has 0 aliphatic carbocycles. The summed E-state index contributed by atoms with van der Waals surface area (Å²) in [6, 6.07) is 7.86. The SMILES string of the molecule is CCCCC(C)C(=O)c1ccc(C)cc1. The summed E-state index contributed by atoms with van der Waals surface area (Å²) in [5.41, 5.74) is 2.05. The summed E-state index contributed by atoms with van der Waals surface area (Å²) < 4.78 is 0. The average molecular weight is 204 g/mol. The maximum Gasteiger partial charge on any atom is 0.165 e. The highest BCUT2D eigenvalue weighted by atomic mass is 16.1. The molecule has 0 aliphatic heterocycles. The van der Waals surface area contributed by atoms with Gasteiger partial charge in [-0.05, 0) is 13.3 Å². The number of carbonyl (C=O) groups excluding carboxylic acids is 1. The number of carbonyl (C=O) groups is 1. The first kappa shape index (κ1) is 12.0. The van der Waals surface area contributed by atoms with E-state index >= 15 is 0 Å². The molecule has 0 bridgehead atoms. The number of Topliss-reactive ketones (excluding diaryl/α,β-unsaturated/α-hetero) is 1. The highest BCUT2D eigenvalue weighted by Crippen LogP contribution is 2.15. The third-order valence-electron chi connectivity index (χ3n) is 2.77. The van der Waals surface area contributed by atoms with Crippen molar-refractivity contribution >= 4 is 5.78 Å². The summed E-state index contributed by atoms with van der Waals surface area (Å²) in [7, 11) is 0. The zero-order valence-corrected chi connectivity index (χ0v) is 9.92. The molecule has 0 fully saturated rings. The third kappa shape index (κ3) is 3.50. The molecule has 0 saturated carbocycles. The molecule has 0 N–H and O–H groups in total. The standard InChI is InChI=1S/C14H20O/c1-4-5-6-12(3)14(15)13-9-7-11(2)8-10-13/h7-10,12H,4-6H2,1-3H3. The lowest BCUT2D eigenvalue weighted by molar-refractivity contribution is 0.0922. The van der Waals surface area contributed by atoms with Crippen LogP contribution in [-0.2, 0) is 0 Å². The Kier molecular flexibility index (Phi) is 4.54. The van der Waals surface area contributed by atoms with E-state index in [2.05, 4.69) is 6.92 Å². The Bertz CT molecular complexity index is 311. The first-order chi connectivity index (χ1) is 7.15. The molecule has 1 heteroatoms. The second kappa shape index (κ2) is 5.69. The second-order valence-corrected chi connectivity index (χ2v) is 4.27. The van der Waals surface area contributed by atoms with E-state index < -0.39 is 0 Å². The molecule has 15 heavy (non-hydrogen) atoms. The van der Waals surface area contributed by atoms with Crippen LogP contribution in [0.25, 0.3) is 0 Å². The maximum atomic E-state index is 12.0. The van der Waals surface area contributed by atoms with Crippen LogP contribution in [0.4, 0.5) is 0 Å². The third-order valence-corrected chi connectivity index (χ3v) is 2.77. The van der Waals surface area contributed by atoms with Crippen LogP contribution in [-0.4, -0.2) is 5.78 Å². The molecular formula is C14H20O. The van der Waals surface area contributed by atoms with Gasteiger partial charge in [0.05, 0.1) is 0 Å². The van der Waals surface area contributed by atoms with Crippen molar-refractivity contribution < 1.29 is 4.79 Å². The van der Waals surface area contributed by atoms with Gasteiger partial charge in [-0.15, -0.1) is 0 Å². The fourth-order valence-electron chi connectivity index (χ4n) is 1.64. The van der Waals surface area contributed by atoms with E-state index in [0.717, 1.165) is 24.8 Å². The fraction of sp³-hybridized carbons (Fsp3) is 0.500. The van der Waals surface area contributed by atoms with Gasteiger partial charge >= 0.3 is 0 Å². The lowest BCUT2D eigenvalue weighted by atomic mass is 9.94. The molecule has 0 aliphatic rings. The fourth-order valence-corrected chi connectivity index (χ4v) is 1.64. The number of benzene rings is 1.